The molecule has 0 saturated carbocycles. The van der Waals surface area contributed by atoms with Crippen LogP contribution < -0.4 is 10.5 Å². The summed E-state index contributed by atoms with van der Waals surface area (Å²) in [6, 6.07) is 3.17. The summed E-state index contributed by atoms with van der Waals surface area (Å²) in [5.41, 5.74) is 8.34. The lowest BCUT2D eigenvalue weighted by Crippen LogP contribution is -2.06. The van der Waals surface area contributed by atoms with E-state index < -0.39 is 6.61 Å². The topological polar surface area (TPSA) is 35.2 Å². The van der Waals surface area contributed by atoms with Crippen LogP contribution in [0.5, 0.6) is 5.75 Å². The predicted octanol–water partition coefficient (Wildman–Crippen LogP) is 4.58. The Bertz CT molecular complexity index is 365. The maximum atomic E-state index is 12.1. The van der Waals surface area contributed by atoms with Gasteiger partial charge in [0.1, 0.15) is 5.75 Å². The SMILES string of the molecule is CC.CCc1cc(OC(F)F)cc(C(C)C)c1N. The first-order valence-electron chi connectivity index (χ1n) is 6.32. The van der Waals surface area contributed by atoms with Gasteiger partial charge in [0.2, 0.25) is 0 Å². The van der Waals surface area contributed by atoms with Gasteiger partial charge in [-0.25, -0.2) is 0 Å². The summed E-state index contributed by atoms with van der Waals surface area (Å²) in [6.45, 7) is 7.07. The van der Waals surface area contributed by atoms with Crippen LogP contribution in [0, 0.1) is 0 Å². The van der Waals surface area contributed by atoms with Gasteiger partial charge in [-0.05, 0) is 35.6 Å². The fourth-order valence-corrected chi connectivity index (χ4v) is 1.65. The number of aryl methyl sites for hydroxylation is 1. The largest absolute Gasteiger partial charge is 0.435 e. The Morgan fingerprint density at radius 3 is 2.17 bits per heavy atom. The van der Waals surface area contributed by atoms with Crippen molar-refractivity contribution < 1.29 is 13.5 Å². The highest BCUT2D eigenvalue weighted by Crippen LogP contribution is 2.31. The monoisotopic (exact) mass is 259 g/mol. The van der Waals surface area contributed by atoms with Gasteiger partial charge in [-0.15, -0.1) is 0 Å². The average Bonchev–Trinajstić information content (AvgIpc) is 2.32. The minimum absolute atomic E-state index is 0.185. The number of hydrogen-bond acceptors (Lipinski definition) is 2. The van der Waals surface area contributed by atoms with Gasteiger partial charge < -0.3 is 10.5 Å². The summed E-state index contributed by atoms with van der Waals surface area (Å²) in [4.78, 5) is 0. The van der Waals surface area contributed by atoms with Gasteiger partial charge in [0.15, 0.2) is 0 Å². The van der Waals surface area contributed by atoms with Gasteiger partial charge in [0, 0.05) is 5.69 Å². The molecule has 2 N–H and O–H groups in total. The molecule has 0 bridgehead atoms. The molecule has 1 aromatic rings. The Labute approximate surface area is 108 Å². The number of ether oxygens (including phenoxy) is 1. The molecule has 0 fully saturated rings. The number of anilines is 1. The van der Waals surface area contributed by atoms with E-state index in [2.05, 4.69) is 4.74 Å². The number of rotatable bonds is 4. The molecule has 0 atom stereocenters. The van der Waals surface area contributed by atoms with Crippen LogP contribution in [0.15, 0.2) is 12.1 Å². The normalized spacial score (nSPS) is 10.3. The van der Waals surface area contributed by atoms with Crippen molar-refractivity contribution in [2.75, 3.05) is 5.73 Å². The van der Waals surface area contributed by atoms with Gasteiger partial charge in [-0.2, -0.15) is 8.78 Å². The molecule has 0 radical (unpaired) electrons. The Morgan fingerprint density at radius 1 is 1.22 bits per heavy atom. The van der Waals surface area contributed by atoms with Crippen molar-refractivity contribution in [2.24, 2.45) is 0 Å². The second kappa shape index (κ2) is 7.90. The lowest BCUT2D eigenvalue weighted by Gasteiger charge is -2.15. The fourth-order valence-electron chi connectivity index (χ4n) is 1.65. The zero-order valence-electron chi connectivity index (χ0n) is 11.8. The third kappa shape index (κ3) is 4.51. The van der Waals surface area contributed by atoms with E-state index in [0.717, 1.165) is 11.1 Å². The van der Waals surface area contributed by atoms with Gasteiger partial charge >= 0.3 is 6.61 Å². The molecule has 0 spiro atoms. The number of hydrogen-bond donors (Lipinski definition) is 1. The molecule has 0 amide bonds. The average molecular weight is 259 g/mol. The molecule has 0 aliphatic heterocycles. The smallest absolute Gasteiger partial charge is 0.387 e. The quantitative estimate of drug-likeness (QED) is 0.803. The van der Waals surface area contributed by atoms with Crippen LogP contribution in [-0.4, -0.2) is 6.61 Å². The summed E-state index contributed by atoms with van der Waals surface area (Å²) in [5, 5.41) is 0. The first-order chi connectivity index (χ1) is 8.45. The molecule has 0 aromatic heterocycles. The molecule has 2 nitrogen and oxygen atoms in total. The Balaban J connectivity index is 0.00000137. The second-order valence-corrected chi connectivity index (χ2v) is 3.97. The summed E-state index contributed by atoms with van der Waals surface area (Å²) < 4.78 is 28.7. The highest BCUT2D eigenvalue weighted by atomic mass is 19.3. The number of halogens is 2. The third-order valence-electron chi connectivity index (χ3n) is 2.50. The Morgan fingerprint density at radius 2 is 1.78 bits per heavy atom. The number of benzene rings is 1. The van der Waals surface area contributed by atoms with Gasteiger partial charge in [0.25, 0.3) is 0 Å². The molecule has 0 aliphatic rings. The van der Waals surface area contributed by atoms with E-state index in [-0.39, 0.29) is 11.7 Å². The Kier molecular flexibility index (Phi) is 7.32. The number of nitrogens with two attached hydrogens (primary N) is 1. The van der Waals surface area contributed by atoms with Crippen molar-refractivity contribution in [2.45, 2.75) is 53.6 Å². The summed E-state index contributed by atoms with van der Waals surface area (Å²) in [5.74, 6) is 0.372. The van der Waals surface area contributed by atoms with E-state index in [9.17, 15) is 8.78 Å². The third-order valence-corrected chi connectivity index (χ3v) is 2.50. The molecule has 0 saturated heterocycles. The van der Waals surface area contributed by atoms with Crippen molar-refractivity contribution in [3.63, 3.8) is 0 Å². The van der Waals surface area contributed by atoms with Crippen LogP contribution in [0.1, 0.15) is 51.7 Å². The van der Waals surface area contributed by atoms with E-state index in [1.807, 2.05) is 34.6 Å². The van der Waals surface area contributed by atoms with E-state index in [0.29, 0.717) is 12.1 Å². The highest BCUT2D eigenvalue weighted by molar-refractivity contribution is 5.58. The van der Waals surface area contributed by atoms with Crippen molar-refractivity contribution in [3.8, 4) is 5.75 Å². The number of nitrogen functional groups attached to an aromatic ring is 1. The van der Waals surface area contributed by atoms with E-state index in [1.54, 1.807) is 12.1 Å². The predicted molar refractivity (Wildman–Crippen MR) is 72.3 cm³/mol. The molecule has 0 aliphatic carbocycles. The van der Waals surface area contributed by atoms with Crippen molar-refractivity contribution >= 4 is 5.69 Å². The zero-order chi connectivity index (χ0) is 14.3. The van der Waals surface area contributed by atoms with Crippen molar-refractivity contribution in [3.05, 3.63) is 23.3 Å². The van der Waals surface area contributed by atoms with Crippen LogP contribution in [-0.2, 0) is 6.42 Å². The first-order valence-corrected chi connectivity index (χ1v) is 6.32. The highest BCUT2D eigenvalue weighted by Gasteiger charge is 2.13. The Hall–Kier alpha value is -1.32. The fraction of sp³-hybridized carbons (Fsp3) is 0.571. The van der Waals surface area contributed by atoms with E-state index in [1.165, 1.54) is 0 Å². The maximum absolute atomic E-state index is 12.1. The van der Waals surface area contributed by atoms with Gasteiger partial charge in [-0.1, -0.05) is 34.6 Å². The molecule has 4 heteroatoms. The molecule has 0 unspecified atom stereocenters. The summed E-state index contributed by atoms with van der Waals surface area (Å²) in [6.07, 6.45) is 0.700. The second-order valence-electron chi connectivity index (χ2n) is 3.97. The van der Waals surface area contributed by atoms with Crippen LogP contribution in [0.3, 0.4) is 0 Å². The summed E-state index contributed by atoms with van der Waals surface area (Å²) in [7, 11) is 0. The minimum atomic E-state index is -2.80. The van der Waals surface area contributed by atoms with Crippen molar-refractivity contribution in [1.29, 1.82) is 0 Å². The summed E-state index contributed by atoms with van der Waals surface area (Å²) >= 11 is 0. The maximum Gasteiger partial charge on any atom is 0.387 e. The molecule has 0 heterocycles. The molecule has 1 aromatic carbocycles. The molecule has 18 heavy (non-hydrogen) atoms. The first kappa shape index (κ1) is 16.7. The zero-order valence-corrected chi connectivity index (χ0v) is 11.8. The van der Waals surface area contributed by atoms with E-state index in [4.69, 9.17) is 5.73 Å². The molecule has 104 valence electrons. The number of alkyl halides is 2. The lowest BCUT2D eigenvalue weighted by atomic mass is 9.96. The molecular weight excluding hydrogens is 236 g/mol. The van der Waals surface area contributed by atoms with Crippen LogP contribution in [0.4, 0.5) is 14.5 Å². The lowest BCUT2D eigenvalue weighted by molar-refractivity contribution is -0.0499. The van der Waals surface area contributed by atoms with Crippen LogP contribution in [0.2, 0.25) is 0 Å². The van der Waals surface area contributed by atoms with Gasteiger partial charge in [-0.3, -0.25) is 0 Å². The van der Waals surface area contributed by atoms with E-state index >= 15 is 0 Å². The minimum Gasteiger partial charge on any atom is -0.435 e. The van der Waals surface area contributed by atoms with Crippen LogP contribution >= 0.6 is 0 Å². The van der Waals surface area contributed by atoms with Crippen molar-refractivity contribution in [1.82, 2.24) is 0 Å². The molecule has 1 rings (SSSR count). The molecular formula is C14H23F2NO. The van der Waals surface area contributed by atoms with Gasteiger partial charge in [0.05, 0.1) is 0 Å². The van der Waals surface area contributed by atoms with Crippen LogP contribution in [0.25, 0.3) is 0 Å². The standard InChI is InChI=1S/C12H17F2NO.C2H6/c1-4-8-5-9(16-12(13)14)6-10(7(2)3)11(8)15;1-2/h5-7,12H,4,15H2,1-3H3;1-2H3.